The molecule has 1 unspecified atom stereocenters. The number of carbonyl (C=O) groups excluding carboxylic acids is 2. The quantitative estimate of drug-likeness (QED) is 0.454. The third kappa shape index (κ3) is 6.19. The number of amides is 2. The molecule has 1 aliphatic heterocycles. The van der Waals surface area contributed by atoms with Gasteiger partial charge in [-0.3, -0.25) is 4.79 Å². The van der Waals surface area contributed by atoms with Crippen molar-refractivity contribution >= 4 is 34.7 Å². The molecule has 0 radical (unpaired) electrons. The number of likely N-dealkylation sites (N-methyl/N-ethyl adjacent to an activating group) is 1. The molecule has 3 aromatic rings. The van der Waals surface area contributed by atoms with Gasteiger partial charge in [0.2, 0.25) is 0 Å². The largest absolute Gasteiger partial charge is 0.444 e. The standard InChI is InChI=1S/C27H30FN3O3S/c1-27(2,3)34-26(33)30(4)22-15-16-31(17-22)21-11-9-20(10-12-21)29-25(32)24-14-13-23(35-24)18-5-7-19(28)8-6-18/h5-14,22H,15-17H2,1-4H3,(H,29,32). The van der Waals surface area contributed by atoms with Gasteiger partial charge in [-0.25, -0.2) is 9.18 Å². The van der Waals surface area contributed by atoms with E-state index in [1.54, 1.807) is 30.1 Å². The fourth-order valence-corrected chi connectivity index (χ4v) is 4.86. The topological polar surface area (TPSA) is 61.9 Å². The van der Waals surface area contributed by atoms with E-state index in [1.165, 1.54) is 23.5 Å². The van der Waals surface area contributed by atoms with E-state index >= 15 is 0 Å². The number of hydrogen-bond donors (Lipinski definition) is 1. The van der Waals surface area contributed by atoms with Gasteiger partial charge in [-0.2, -0.15) is 0 Å². The van der Waals surface area contributed by atoms with E-state index in [-0.39, 0.29) is 23.9 Å². The van der Waals surface area contributed by atoms with Crippen LogP contribution in [0.5, 0.6) is 0 Å². The summed E-state index contributed by atoms with van der Waals surface area (Å²) in [6.45, 7) is 7.16. The highest BCUT2D eigenvalue weighted by molar-refractivity contribution is 7.17. The lowest BCUT2D eigenvalue weighted by molar-refractivity contribution is 0.0237. The molecule has 1 saturated heterocycles. The predicted molar refractivity (Wildman–Crippen MR) is 139 cm³/mol. The second kappa shape index (κ2) is 10.1. The maximum absolute atomic E-state index is 13.2. The summed E-state index contributed by atoms with van der Waals surface area (Å²) in [6, 6.07) is 17.7. The molecule has 0 saturated carbocycles. The number of rotatable bonds is 5. The molecule has 1 aliphatic rings. The zero-order valence-corrected chi connectivity index (χ0v) is 21.2. The third-order valence-corrected chi connectivity index (χ3v) is 6.97. The Morgan fingerprint density at radius 3 is 2.40 bits per heavy atom. The van der Waals surface area contributed by atoms with Crippen molar-refractivity contribution in [3.8, 4) is 10.4 Å². The molecule has 0 aliphatic carbocycles. The Morgan fingerprint density at radius 2 is 1.74 bits per heavy atom. The Labute approximate surface area is 209 Å². The maximum Gasteiger partial charge on any atom is 0.410 e. The van der Waals surface area contributed by atoms with E-state index in [4.69, 9.17) is 4.74 Å². The van der Waals surface area contributed by atoms with Gasteiger partial charge < -0.3 is 19.9 Å². The summed E-state index contributed by atoms with van der Waals surface area (Å²) in [7, 11) is 1.78. The molecule has 0 spiro atoms. The van der Waals surface area contributed by atoms with Crippen LogP contribution in [-0.4, -0.2) is 48.7 Å². The molecule has 1 atom stereocenters. The van der Waals surface area contributed by atoms with Crippen molar-refractivity contribution in [3.63, 3.8) is 0 Å². The van der Waals surface area contributed by atoms with Gasteiger partial charge in [0, 0.05) is 36.4 Å². The molecular weight excluding hydrogens is 465 g/mol. The first-order chi connectivity index (χ1) is 16.6. The lowest BCUT2D eigenvalue weighted by Gasteiger charge is -2.28. The number of thiophene rings is 1. The minimum atomic E-state index is -0.518. The summed E-state index contributed by atoms with van der Waals surface area (Å²) in [5, 5.41) is 2.94. The average molecular weight is 496 g/mol. The summed E-state index contributed by atoms with van der Waals surface area (Å²) < 4.78 is 18.6. The molecule has 2 amide bonds. The van der Waals surface area contributed by atoms with E-state index in [1.807, 2.05) is 51.1 Å². The Morgan fingerprint density at radius 1 is 1.06 bits per heavy atom. The maximum atomic E-state index is 13.2. The monoisotopic (exact) mass is 495 g/mol. The van der Waals surface area contributed by atoms with Crippen molar-refractivity contribution < 1.29 is 18.7 Å². The molecule has 4 rings (SSSR count). The molecule has 2 heterocycles. The number of hydrogen-bond acceptors (Lipinski definition) is 5. The SMILES string of the molecule is CN(C(=O)OC(C)(C)C)C1CCN(c2ccc(NC(=O)c3ccc(-c4ccc(F)cc4)s3)cc2)C1. The lowest BCUT2D eigenvalue weighted by atomic mass is 10.2. The average Bonchev–Trinajstić information content (AvgIpc) is 3.49. The number of halogens is 1. The highest BCUT2D eigenvalue weighted by atomic mass is 32.1. The predicted octanol–water partition coefficient (Wildman–Crippen LogP) is 6.25. The summed E-state index contributed by atoms with van der Waals surface area (Å²) in [5.41, 5.74) is 2.10. The van der Waals surface area contributed by atoms with E-state index in [0.717, 1.165) is 35.6 Å². The van der Waals surface area contributed by atoms with Crippen LogP contribution in [0.4, 0.5) is 20.6 Å². The summed E-state index contributed by atoms with van der Waals surface area (Å²) >= 11 is 1.37. The molecule has 2 aromatic carbocycles. The van der Waals surface area contributed by atoms with Crippen molar-refractivity contribution in [2.75, 3.05) is 30.4 Å². The van der Waals surface area contributed by atoms with Crippen LogP contribution < -0.4 is 10.2 Å². The molecule has 1 fully saturated rings. The van der Waals surface area contributed by atoms with Gasteiger partial charge in [-0.05, 0) is 81.3 Å². The van der Waals surface area contributed by atoms with Crippen LogP contribution in [0.15, 0.2) is 60.7 Å². The molecular formula is C27H30FN3O3S. The zero-order chi connectivity index (χ0) is 25.2. The Bertz CT molecular complexity index is 1190. The second-order valence-electron chi connectivity index (χ2n) is 9.65. The number of nitrogens with zero attached hydrogens (tertiary/aromatic N) is 2. The van der Waals surface area contributed by atoms with E-state index in [0.29, 0.717) is 10.6 Å². The van der Waals surface area contributed by atoms with Crippen molar-refractivity contribution in [2.45, 2.75) is 38.8 Å². The van der Waals surface area contributed by atoms with Gasteiger partial charge in [-0.1, -0.05) is 12.1 Å². The highest BCUT2D eigenvalue weighted by Gasteiger charge is 2.31. The summed E-state index contributed by atoms with van der Waals surface area (Å²) in [6.07, 6.45) is 0.557. The van der Waals surface area contributed by atoms with Gasteiger partial charge in [0.15, 0.2) is 0 Å². The zero-order valence-electron chi connectivity index (χ0n) is 20.4. The van der Waals surface area contributed by atoms with Crippen molar-refractivity contribution in [1.82, 2.24) is 4.90 Å². The number of carbonyl (C=O) groups is 2. The van der Waals surface area contributed by atoms with Gasteiger partial charge in [0.25, 0.3) is 5.91 Å². The number of benzene rings is 2. The first-order valence-electron chi connectivity index (χ1n) is 11.6. The third-order valence-electron chi connectivity index (χ3n) is 5.84. The van der Waals surface area contributed by atoms with Gasteiger partial charge in [0.1, 0.15) is 11.4 Å². The van der Waals surface area contributed by atoms with Gasteiger partial charge in [0.05, 0.1) is 10.9 Å². The number of ether oxygens (including phenoxy) is 1. The van der Waals surface area contributed by atoms with Crippen LogP contribution in [0, 0.1) is 5.82 Å². The molecule has 1 N–H and O–H groups in total. The van der Waals surface area contributed by atoms with Gasteiger partial charge in [-0.15, -0.1) is 11.3 Å². The normalized spacial score (nSPS) is 15.7. The highest BCUT2D eigenvalue weighted by Crippen LogP contribution is 2.29. The van der Waals surface area contributed by atoms with Crippen molar-refractivity contribution in [2.24, 2.45) is 0 Å². The first kappa shape index (κ1) is 24.7. The van der Waals surface area contributed by atoms with Gasteiger partial charge >= 0.3 is 6.09 Å². The Balaban J connectivity index is 1.33. The number of anilines is 2. The fourth-order valence-electron chi connectivity index (χ4n) is 3.95. The Hall–Kier alpha value is -3.39. The Kier molecular flexibility index (Phi) is 7.12. The fraction of sp³-hybridized carbons (Fsp3) is 0.333. The smallest absolute Gasteiger partial charge is 0.410 e. The van der Waals surface area contributed by atoms with Crippen LogP contribution in [0.25, 0.3) is 10.4 Å². The van der Waals surface area contributed by atoms with Crippen LogP contribution in [-0.2, 0) is 4.74 Å². The minimum Gasteiger partial charge on any atom is -0.444 e. The summed E-state index contributed by atoms with van der Waals surface area (Å²) in [5.74, 6) is -0.470. The molecule has 35 heavy (non-hydrogen) atoms. The molecule has 6 nitrogen and oxygen atoms in total. The second-order valence-corrected chi connectivity index (χ2v) is 10.7. The van der Waals surface area contributed by atoms with Crippen LogP contribution in [0.1, 0.15) is 36.9 Å². The first-order valence-corrected chi connectivity index (χ1v) is 12.4. The molecule has 1 aromatic heterocycles. The van der Waals surface area contributed by atoms with E-state index in [9.17, 15) is 14.0 Å². The summed E-state index contributed by atoms with van der Waals surface area (Å²) in [4.78, 5) is 30.5. The van der Waals surface area contributed by atoms with E-state index < -0.39 is 5.60 Å². The van der Waals surface area contributed by atoms with Crippen molar-refractivity contribution in [1.29, 1.82) is 0 Å². The van der Waals surface area contributed by atoms with Crippen LogP contribution in [0.3, 0.4) is 0 Å². The van der Waals surface area contributed by atoms with Crippen molar-refractivity contribution in [3.05, 3.63) is 71.4 Å². The molecule has 184 valence electrons. The number of nitrogens with one attached hydrogen (secondary N) is 1. The molecule has 0 bridgehead atoms. The lowest BCUT2D eigenvalue weighted by Crippen LogP contribution is -2.42. The van der Waals surface area contributed by atoms with E-state index in [2.05, 4.69) is 10.2 Å². The van der Waals surface area contributed by atoms with Crippen LogP contribution in [0.2, 0.25) is 0 Å². The molecule has 8 heteroatoms. The minimum absolute atomic E-state index is 0.0818. The van der Waals surface area contributed by atoms with Crippen LogP contribution >= 0.6 is 11.3 Å².